The van der Waals surface area contributed by atoms with Crippen molar-refractivity contribution in [2.75, 3.05) is 41.8 Å². The van der Waals surface area contributed by atoms with Crippen LogP contribution in [0.4, 0.5) is 28.0 Å². The molecule has 7 heteroatoms. The van der Waals surface area contributed by atoms with Gasteiger partial charge in [-0.05, 0) is 56.0 Å². The summed E-state index contributed by atoms with van der Waals surface area (Å²) in [7, 11) is 0. The van der Waals surface area contributed by atoms with Crippen LogP contribution >= 0.6 is 11.3 Å². The fourth-order valence-electron chi connectivity index (χ4n) is 3.83. The number of rotatable bonds is 5. The van der Waals surface area contributed by atoms with E-state index in [1.54, 1.807) is 11.3 Å². The van der Waals surface area contributed by atoms with Crippen LogP contribution in [0.5, 0.6) is 0 Å². The van der Waals surface area contributed by atoms with Gasteiger partial charge >= 0.3 is 0 Å². The van der Waals surface area contributed by atoms with Crippen molar-refractivity contribution >= 4 is 39.3 Å². The van der Waals surface area contributed by atoms with Crippen molar-refractivity contribution in [3.05, 3.63) is 53.2 Å². The third-order valence-electron chi connectivity index (χ3n) is 5.37. The maximum atomic E-state index is 5.43. The lowest BCUT2D eigenvalue weighted by Crippen LogP contribution is -2.36. The van der Waals surface area contributed by atoms with Gasteiger partial charge in [0.15, 0.2) is 5.13 Å². The zero-order valence-electron chi connectivity index (χ0n) is 16.4. The summed E-state index contributed by atoms with van der Waals surface area (Å²) in [6.07, 6.45) is 6.63. The van der Waals surface area contributed by atoms with Gasteiger partial charge in [-0.1, -0.05) is 0 Å². The van der Waals surface area contributed by atoms with Crippen molar-refractivity contribution in [3.8, 4) is 0 Å². The standard InChI is InChI=1S/C22H25N5OS/c1-2-4-20-19(3-1)26-22(29-20)25-17-9-10-23-21(15-17)24-16-5-7-18(8-6-16)27-11-13-28-14-12-27/h5-10,15H,1-4,11-14H2,(H2,23,24,25,26). The molecule has 2 N–H and O–H groups in total. The topological polar surface area (TPSA) is 62.3 Å². The monoisotopic (exact) mass is 407 g/mol. The van der Waals surface area contributed by atoms with Gasteiger partial charge in [0.1, 0.15) is 5.82 Å². The van der Waals surface area contributed by atoms with E-state index in [4.69, 9.17) is 9.72 Å². The van der Waals surface area contributed by atoms with Gasteiger partial charge < -0.3 is 20.3 Å². The van der Waals surface area contributed by atoms with Gasteiger partial charge in [-0.15, -0.1) is 11.3 Å². The molecule has 3 heterocycles. The van der Waals surface area contributed by atoms with E-state index in [-0.39, 0.29) is 0 Å². The van der Waals surface area contributed by atoms with Gasteiger partial charge in [0.05, 0.1) is 18.9 Å². The molecule has 2 aromatic heterocycles. The Hall–Kier alpha value is -2.64. The Morgan fingerprint density at radius 1 is 0.931 bits per heavy atom. The minimum absolute atomic E-state index is 0.797. The van der Waals surface area contributed by atoms with Crippen LogP contribution in [0, 0.1) is 0 Å². The van der Waals surface area contributed by atoms with Gasteiger partial charge in [0, 0.05) is 47.3 Å². The summed E-state index contributed by atoms with van der Waals surface area (Å²) < 4.78 is 5.43. The summed E-state index contributed by atoms with van der Waals surface area (Å²) in [5, 5.41) is 7.82. The third-order valence-corrected chi connectivity index (χ3v) is 6.45. The SMILES string of the molecule is c1cc(Nc2nc3c(s2)CCCC3)cc(Nc2ccc(N3CCOCC3)cc2)n1. The Morgan fingerprint density at radius 2 is 1.76 bits per heavy atom. The fraction of sp³-hybridized carbons (Fsp3) is 0.364. The van der Waals surface area contributed by atoms with Crippen molar-refractivity contribution in [1.29, 1.82) is 0 Å². The highest BCUT2D eigenvalue weighted by atomic mass is 32.1. The number of anilines is 5. The lowest BCUT2D eigenvalue weighted by molar-refractivity contribution is 0.122. The number of benzene rings is 1. The van der Waals surface area contributed by atoms with Gasteiger partial charge in [-0.2, -0.15) is 0 Å². The molecule has 1 aliphatic carbocycles. The number of nitrogens with zero attached hydrogens (tertiary/aromatic N) is 3. The zero-order valence-corrected chi connectivity index (χ0v) is 17.2. The van der Waals surface area contributed by atoms with Crippen LogP contribution < -0.4 is 15.5 Å². The molecular formula is C22H25N5OS. The van der Waals surface area contributed by atoms with Crippen LogP contribution in [0.3, 0.4) is 0 Å². The van der Waals surface area contributed by atoms with Crippen LogP contribution in [-0.2, 0) is 17.6 Å². The smallest absolute Gasteiger partial charge is 0.187 e. The minimum Gasteiger partial charge on any atom is -0.378 e. The number of thiazole rings is 1. The molecule has 0 unspecified atom stereocenters. The van der Waals surface area contributed by atoms with Gasteiger partial charge in [-0.3, -0.25) is 0 Å². The summed E-state index contributed by atoms with van der Waals surface area (Å²) in [4.78, 5) is 13.0. The average Bonchev–Trinajstić information content (AvgIpc) is 3.17. The Kier molecular flexibility index (Phi) is 5.32. The van der Waals surface area contributed by atoms with E-state index < -0.39 is 0 Å². The molecule has 0 spiro atoms. The van der Waals surface area contributed by atoms with Gasteiger partial charge in [0.2, 0.25) is 0 Å². The molecule has 1 saturated heterocycles. The number of fused-ring (bicyclic) bond motifs is 1. The van der Waals surface area contributed by atoms with Crippen LogP contribution in [0.25, 0.3) is 0 Å². The molecular weight excluding hydrogens is 382 g/mol. The first-order valence-corrected chi connectivity index (χ1v) is 11.1. The van der Waals surface area contributed by atoms with Gasteiger partial charge in [-0.25, -0.2) is 9.97 Å². The number of aromatic nitrogens is 2. The molecule has 5 rings (SSSR count). The third kappa shape index (κ3) is 4.36. The van der Waals surface area contributed by atoms with Crippen molar-refractivity contribution in [2.45, 2.75) is 25.7 Å². The first-order chi connectivity index (χ1) is 14.3. The number of ether oxygens (including phenoxy) is 1. The van der Waals surface area contributed by atoms with Crippen LogP contribution in [0.2, 0.25) is 0 Å². The molecule has 3 aromatic rings. The predicted molar refractivity (Wildman–Crippen MR) is 119 cm³/mol. The lowest BCUT2D eigenvalue weighted by Gasteiger charge is -2.28. The van der Waals surface area contributed by atoms with Crippen molar-refractivity contribution < 1.29 is 4.74 Å². The Morgan fingerprint density at radius 3 is 2.59 bits per heavy atom. The maximum absolute atomic E-state index is 5.43. The predicted octanol–water partition coefficient (Wildman–Crippen LogP) is 4.74. The summed E-state index contributed by atoms with van der Waals surface area (Å²) in [5.41, 5.74) is 4.53. The minimum atomic E-state index is 0.797. The molecule has 0 amide bonds. The highest BCUT2D eigenvalue weighted by molar-refractivity contribution is 7.15. The normalized spacial score (nSPS) is 16.3. The molecule has 0 atom stereocenters. The van der Waals surface area contributed by atoms with Crippen molar-refractivity contribution in [3.63, 3.8) is 0 Å². The Balaban J connectivity index is 1.25. The summed E-state index contributed by atoms with van der Waals surface area (Å²) in [6, 6.07) is 12.5. The molecule has 6 nitrogen and oxygen atoms in total. The highest BCUT2D eigenvalue weighted by Crippen LogP contribution is 2.31. The van der Waals surface area contributed by atoms with E-state index in [2.05, 4.69) is 44.8 Å². The summed E-state index contributed by atoms with van der Waals surface area (Å²) >= 11 is 1.78. The first-order valence-electron chi connectivity index (χ1n) is 10.2. The fourth-order valence-corrected chi connectivity index (χ4v) is 4.90. The van der Waals surface area contributed by atoms with E-state index in [1.165, 1.54) is 29.1 Å². The number of aryl methyl sites for hydroxylation is 2. The highest BCUT2D eigenvalue weighted by Gasteiger charge is 2.15. The van der Waals surface area contributed by atoms with E-state index in [9.17, 15) is 0 Å². The van der Waals surface area contributed by atoms with Gasteiger partial charge in [0.25, 0.3) is 0 Å². The van der Waals surface area contributed by atoms with Crippen molar-refractivity contribution in [1.82, 2.24) is 9.97 Å². The second-order valence-electron chi connectivity index (χ2n) is 7.42. The van der Waals surface area contributed by atoms with Crippen LogP contribution in [0.1, 0.15) is 23.4 Å². The number of morpholine rings is 1. The molecule has 0 bridgehead atoms. The number of pyridine rings is 1. The summed E-state index contributed by atoms with van der Waals surface area (Å²) in [6.45, 7) is 3.49. The average molecular weight is 408 g/mol. The maximum Gasteiger partial charge on any atom is 0.187 e. The largest absolute Gasteiger partial charge is 0.378 e. The second-order valence-corrected chi connectivity index (χ2v) is 8.51. The molecule has 2 aliphatic rings. The van der Waals surface area contributed by atoms with E-state index >= 15 is 0 Å². The van der Waals surface area contributed by atoms with Crippen LogP contribution in [0.15, 0.2) is 42.6 Å². The quantitative estimate of drug-likeness (QED) is 0.637. The number of nitrogens with one attached hydrogen (secondary N) is 2. The van der Waals surface area contributed by atoms with E-state index in [0.717, 1.165) is 61.5 Å². The van der Waals surface area contributed by atoms with E-state index in [0.29, 0.717) is 0 Å². The first kappa shape index (κ1) is 18.4. The molecule has 1 fully saturated rings. The second kappa shape index (κ2) is 8.39. The number of hydrogen-bond donors (Lipinski definition) is 2. The van der Waals surface area contributed by atoms with Crippen molar-refractivity contribution in [2.24, 2.45) is 0 Å². The lowest BCUT2D eigenvalue weighted by atomic mass is 10.0. The molecule has 0 saturated carbocycles. The summed E-state index contributed by atoms with van der Waals surface area (Å²) in [5.74, 6) is 0.815. The zero-order chi connectivity index (χ0) is 19.5. The molecule has 0 radical (unpaired) electrons. The molecule has 1 aromatic carbocycles. The Labute approximate surface area is 175 Å². The molecule has 1 aliphatic heterocycles. The molecule has 29 heavy (non-hydrogen) atoms. The molecule has 150 valence electrons. The number of hydrogen-bond acceptors (Lipinski definition) is 7. The Bertz CT molecular complexity index is 942. The van der Waals surface area contributed by atoms with Crippen LogP contribution in [-0.4, -0.2) is 36.3 Å². The van der Waals surface area contributed by atoms with E-state index in [1.807, 2.05) is 18.3 Å².